The molecule has 0 unspecified atom stereocenters. The van der Waals surface area contributed by atoms with Gasteiger partial charge in [-0.2, -0.15) is 0 Å². The second kappa shape index (κ2) is 5.91. The van der Waals surface area contributed by atoms with Gasteiger partial charge in [0.15, 0.2) is 9.84 Å². The van der Waals surface area contributed by atoms with Crippen molar-refractivity contribution < 1.29 is 8.42 Å². The summed E-state index contributed by atoms with van der Waals surface area (Å²) in [4.78, 5) is 11.5. The minimum atomic E-state index is -3.35. The molecule has 5 nitrogen and oxygen atoms in total. The van der Waals surface area contributed by atoms with Crippen molar-refractivity contribution in [3.63, 3.8) is 0 Å². The number of halogens is 1. The molecule has 7 heteroatoms. The summed E-state index contributed by atoms with van der Waals surface area (Å²) in [6, 6.07) is 7.85. The van der Waals surface area contributed by atoms with Gasteiger partial charge in [-0.05, 0) is 18.2 Å². The van der Waals surface area contributed by atoms with Crippen LogP contribution >= 0.6 is 11.6 Å². The number of anilines is 1. The van der Waals surface area contributed by atoms with Gasteiger partial charge >= 0.3 is 0 Å². The molecule has 2 rings (SSSR count). The summed E-state index contributed by atoms with van der Waals surface area (Å²) in [5, 5.41) is 3.46. The second-order valence-electron chi connectivity index (χ2n) is 4.71. The Hall–Kier alpha value is -1.79. The van der Waals surface area contributed by atoms with Gasteiger partial charge in [0.1, 0.15) is 0 Å². The molecule has 0 aliphatic rings. The maximum absolute atomic E-state index is 11.8. The lowest BCUT2D eigenvalue weighted by Gasteiger charge is -2.12. The van der Waals surface area contributed by atoms with Gasteiger partial charge in [0.25, 0.3) is 0 Å². The number of aromatic nitrogens is 1. The molecule has 0 spiro atoms. The minimum absolute atomic E-state index is 0.116. The van der Waals surface area contributed by atoms with E-state index in [0.29, 0.717) is 16.3 Å². The lowest BCUT2D eigenvalue weighted by Crippen LogP contribution is -2.15. The van der Waals surface area contributed by atoms with Gasteiger partial charge in [-0.15, -0.1) is 0 Å². The minimum Gasteiger partial charge on any atom is -0.380 e. The van der Waals surface area contributed by atoms with E-state index >= 15 is 0 Å². The highest BCUT2D eigenvalue weighted by molar-refractivity contribution is 7.90. The number of benzene rings is 1. The van der Waals surface area contributed by atoms with E-state index in [0.717, 1.165) is 6.26 Å². The summed E-state index contributed by atoms with van der Waals surface area (Å²) in [7, 11) is -1.71. The number of nitrogens with zero attached hydrogens (tertiary/aromatic N) is 1. The topological polar surface area (TPSA) is 68.2 Å². The Kier molecular flexibility index (Phi) is 4.39. The third-order valence-electron chi connectivity index (χ3n) is 3.03. The highest BCUT2D eigenvalue weighted by Gasteiger charge is 2.15. The average molecular weight is 327 g/mol. The molecule has 0 atom stereocenters. The monoisotopic (exact) mass is 326 g/mol. The fraction of sp³-hybridized carbons (Fsp3) is 0.214. The first-order valence-corrected chi connectivity index (χ1v) is 8.44. The fourth-order valence-electron chi connectivity index (χ4n) is 1.95. The van der Waals surface area contributed by atoms with Gasteiger partial charge in [-0.25, -0.2) is 8.42 Å². The van der Waals surface area contributed by atoms with Gasteiger partial charge in [0.05, 0.1) is 10.6 Å². The van der Waals surface area contributed by atoms with Crippen LogP contribution in [0.5, 0.6) is 0 Å². The largest absolute Gasteiger partial charge is 0.380 e. The van der Waals surface area contributed by atoms with Crippen LogP contribution in [0, 0.1) is 0 Å². The smallest absolute Gasteiger partial charge is 0.250 e. The lowest BCUT2D eigenvalue weighted by molar-refractivity contribution is 0.601. The van der Waals surface area contributed by atoms with Gasteiger partial charge in [-0.1, -0.05) is 17.7 Å². The zero-order valence-electron chi connectivity index (χ0n) is 11.6. The van der Waals surface area contributed by atoms with Crippen molar-refractivity contribution in [2.24, 2.45) is 7.05 Å². The van der Waals surface area contributed by atoms with Crippen molar-refractivity contribution in [2.75, 3.05) is 11.6 Å². The second-order valence-corrected chi connectivity index (χ2v) is 7.10. The molecular formula is C14H15ClN2O3S. The highest BCUT2D eigenvalue weighted by Crippen LogP contribution is 2.24. The number of pyridine rings is 1. The van der Waals surface area contributed by atoms with Crippen LogP contribution in [0.4, 0.5) is 5.69 Å². The Bertz CT molecular complexity index is 828. The Balaban J connectivity index is 2.32. The number of hydrogen-bond donors (Lipinski definition) is 1. The Morgan fingerprint density at radius 3 is 2.57 bits per heavy atom. The summed E-state index contributed by atoms with van der Waals surface area (Å²) >= 11 is 6.10. The molecule has 21 heavy (non-hydrogen) atoms. The molecule has 1 aromatic heterocycles. The Morgan fingerprint density at radius 1 is 1.24 bits per heavy atom. The van der Waals surface area contributed by atoms with Crippen LogP contribution in [0.15, 0.2) is 46.2 Å². The van der Waals surface area contributed by atoms with Crippen LogP contribution < -0.4 is 10.9 Å². The highest BCUT2D eigenvalue weighted by atomic mass is 35.5. The van der Waals surface area contributed by atoms with E-state index in [1.54, 1.807) is 31.4 Å². The van der Waals surface area contributed by atoms with E-state index in [-0.39, 0.29) is 17.0 Å². The fourth-order valence-corrected chi connectivity index (χ4v) is 3.20. The summed E-state index contributed by atoms with van der Waals surface area (Å²) in [6.07, 6.45) is 2.79. The first-order chi connectivity index (χ1) is 9.79. The van der Waals surface area contributed by atoms with Gasteiger partial charge in [-0.3, -0.25) is 4.79 Å². The Morgan fingerprint density at radius 2 is 1.95 bits per heavy atom. The summed E-state index contributed by atoms with van der Waals surface area (Å²) in [5.41, 5.74) is 1.10. The van der Waals surface area contributed by atoms with E-state index in [1.807, 2.05) is 0 Å². The van der Waals surface area contributed by atoms with Gasteiger partial charge < -0.3 is 9.88 Å². The molecule has 2 aromatic rings. The summed E-state index contributed by atoms with van der Waals surface area (Å²) < 4.78 is 25.0. The standard InChI is InChI=1S/C14H15ClN2O3S/c1-17-9-10(6-7-14(17)18)16-8-11-12(15)4-3-5-13(11)21(2,19)20/h3-7,9,16H,8H2,1-2H3. The van der Waals surface area contributed by atoms with Crippen molar-refractivity contribution in [1.82, 2.24) is 4.57 Å². The summed E-state index contributed by atoms with van der Waals surface area (Å²) in [6.45, 7) is 0.250. The van der Waals surface area contributed by atoms with E-state index in [9.17, 15) is 13.2 Å². The number of nitrogens with one attached hydrogen (secondary N) is 1. The van der Waals surface area contributed by atoms with Crippen molar-refractivity contribution >= 4 is 27.1 Å². The molecule has 0 radical (unpaired) electrons. The zero-order valence-corrected chi connectivity index (χ0v) is 13.2. The third-order valence-corrected chi connectivity index (χ3v) is 4.57. The number of sulfone groups is 1. The zero-order chi connectivity index (χ0) is 15.6. The Labute approximate surface area is 128 Å². The predicted octanol–water partition coefficient (Wildman–Crippen LogP) is 2.05. The van der Waals surface area contributed by atoms with Gasteiger partial charge in [0, 0.05) is 42.7 Å². The van der Waals surface area contributed by atoms with Crippen molar-refractivity contribution in [2.45, 2.75) is 11.4 Å². The van der Waals surface area contributed by atoms with E-state index in [4.69, 9.17) is 11.6 Å². The number of rotatable bonds is 4. The maximum atomic E-state index is 11.8. The van der Waals surface area contributed by atoms with Crippen LogP contribution in [0.3, 0.4) is 0 Å². The van der Waals surface area contributed by atoms with E-state index in [2.05, 4.69) is 5.32 Å². The average Bonchev–Trinajstić information content (AvgIpc) is 2.40. The van der Waals surface area contributed by atoms with Crippen LogP contribution in [0.25, 0.3) is 0 Å². The van der Waals surface area contributed by atoms with E-state index in [1.165, 1.54) is 16.7 Å². The molecule has 1 heterocycles. The molecule has 1 N–H and O–H groups in total. The molecule has 0 amide bonds. The first kappa shape index (κ1) is 15.6. The molecule has 0 aliphatic heterocycles. The van der Waals surface area contributed by atoms with Crippen LogP contribution in [0.2, 0.25) is 5.02 Å². The normalized spacial score (nSPS) is 11.4. The molecule has 0 fully saturated rings. The molecule has 0 saturated heterocycles. The first-order valence-electron chi connectivity index (χ1n) is 6.17. The number of aryl methyl sites for hydroxylation is 1. The molecule has 0 aliphatic carbocycles. The molecule has 0 saturated carbocycles. The van der Waals surface area contributed by atoms with Crippen molar-refractivity contribution in [3.05, 3.63) is 57.5 Å². The number of hydrogen-bond acceptors (Lipinski definition) is 4. The van der Waals surface area contributed by atoms with E-state index < -0.39 is 9.84 Å². The SMILES string of the molecule is Cn1cc(NCc2c(Cl)cccc2S(C)(=O)=O)ccc1=O. The van der Waals surface area contributed by atoms with Gasteiger partial charge in [0.2, 0.25) is 5.56 Å². The molecule has 1 aromatic carbocycles. The van der Waals surface area contributed by atoms with Crippen LogP contribution in [0.1, 0.15) is 5.56 Å². The quantitative estimate of drug-likeness (QED) is 0.933. The molecule has 112 valence electrons. The summed E-state index contributed by atoms with van der Waals surface area (Å²) in [5.74, 6) is 0. The molecule has 0 bridgehead atoms. The van der Waals surface area contributed by atoms with Crippen LogP contribution in [-0.4, -0.2) is 19.2 Å². The predicted molar refractivity (Wildman–Crippen MR) is 83.6 cm³/mol. The molecular weight excluding hydrogens is 312 g/mol. The maximum Gasteiger partial charge on any atom is 0.250 e. The third kappa shape index (κ3) is 3.65. The lowest BCUT2D eigenvalue weighted by atomic mass is 10.2. The van der Waals surface area contributed by atoms with Crippen molar-refractivity contribution in [3.8, 4) is 0 Å². The van der Waals surface area contributed by atoms with Crippen molar-refractivity contribution in [1.29, 1.82) is 0 Å². The van der Waals surface area contributed by atoms with Crippen LogP contribution in [-0.2, 0) is 23.4 Å².